The minimum absolute atomic E-state index is 0.0499. The van der Waals surface area contributed by atoms with E-state index in [1.807, 2.05) is 32.0 Å². The number of aromatic nitrogens is 2. The van der Waals surface area contributed by atoms with Crippen LogP contribution in [0.3, 0.4) is 0 Å². The molecule has 2 aromatic rings. The number of aromatic amines is 1. The zero-order valence-electron chi connectivity index (χ0n) is 13.3. The van der Waals surface area contributed by atoms with E-state index in [1.54, 1.807) is 18.9 Å². The number of hydrogen-bond acceptors (Lipinski definition) is 5. The fourth-order valence-electron chi connectivity index (χ4n) is 2.71. The molecule has 1 unspecified atom stereocenters. The van der Waals surface area contributed by atoms with Crippen molar-refractivity contribution in [2.45, 2.75) is 19.1 Å². The number of anilines is 1. The van der Waals surface area contributed by atoms with Crippen LogP contribution in [-0.2, 0) is 4.79 Å². The molecule has 1 atom stereocenters. The number of H-pyrrole nitrogens is 1. The topological polar surface area (TPSA) is 76.2 Å². The van der Waals surface area contributed by atoms with Crippen LogP contribution in [-0.4, -0.2) is 35.6 Å². The lowest BCUT2D eigenvalue weighted by Gasteiger charge is -2.20. The molecule has 7 heteroatoms. The largest absolute Gasteiger partial charge is 0.493 e. The number of nitrogens with zero attached hydrogens (tertiary/aromatic N) is 1. The minimum atomic E-state index is -0.0562. The first kappa shape index (κ1) is 15.7. The lowest BCUT2D eigenvalue weighted by Crippen LogP contribution is -2.12. The molecule has 0 saturated heterocycles. The van der Waals surface area contributed by atoms with Gasteiger partial charge in [0.05, 0.1) is 24.7 Å². The molecule has 3 rings (SSSR count). The zero-order valence-corrected chi connectivity index (χ0v) is 14.1. The molecule has 1 aromatic carbocycles. The molecule has 0 fully saturated rings. The van der Waals surface area contributed by atoms with Crippen LogP contribution in [0.5, 0.6) is 11.5 Å². The van der Waals surface area contributed by atoms with Crippen molar-refractivity contribution in [3.63, 3.8) is 0 Å². The third-order valence-electron chi connectivity index (χ3n) is 3.70. The van der Waals surface area contributed by atoms with Crippen molar-refractivity contribution in [2.24, 2.45) is 0 Å². The molecule has 1 aliphatic rings. The van der Waals surface area contributed by atoms with Crippen LogP contribution in [0.15, 0.2) is 18.2 Å². The lowest BCUT2D eigenvalue weighted by atomic mass is 10.0. The van der Waals surface area contributed by atoms with E-state index in [-0.39, 0.29) is 11.2 Å². The van der Waals surface area contributed by atoms with Crippen LogP contribution in [0.25, 0.3) is 0 Å². The van der Waals surface area contributed by atoms with Gasteiger partial charge >= 0.3 is 0 Å². The van der Waals surface area contributed by atoms with E-state index in [4.69, 9.17) is 9.47 Å². The van der Waals surface area contributed by atoms with Crippen LogP contribution < -0.4 is 14.8 Å². The van der Waals surface area contributed by atoms with Gasteiger partial charge in [-0.15, -0.1) is 11.8 Å². The minimum Gasteiger partial charge on any atom is -0.493 e. The summed E-state index contributed by atoms with van der Waals surface area (Å²) in [5.41, 5.74) is 2.90. The first-order chi connectivity index (χ1) is 11.2. The summed E-state index contributed by atoms with van der Waals surface area (Å²) >= 11 is 1.56. The van der Waals surface area contributed by atoms with Crippen LogP contribution in [0.1, 0.15) is 29.0 Å². The molecule has 0 saturated carbocycles. The number of nitrogens with one attached hydrogen (secondary N) is 2. The first-order valence-corrected chi connectivity index (χ1v) is 8.46. The van der Waals surface area contributed by atoms with E-state index in [1.165, 1.54) is 0 Å². The summed E-state index contributed by atoms with van der Waals surface area (Å²) in [5.74, 6) is 2.31. The molecular weight excluding hydrogens is 314 g/mol. The van der Waals surface area contributed by atoms with E-state index in [9.17, 15) is 4.79 Å². The number of ether oxygens (including phenoxy) is 2. The number of fused-ring (bicyclic) bond motifs is 1. The van der Waals surface area contributed by atoms with Crippen LogP contribution in [0.2, 0.25) is 0 Å². The Morgan fingerprint density at radius 1 is 1.43 bits per heavy atom. The fraction of sp³-hybridized carbons (Fsp3) is 0.375. The number of rotatable bonds is 4. The number of methoxy groups -OCH3 is 1. The van der Waals surface area contributed by atoms with Crippen molar-refractivity contribution in [3.8, 4) is 11.5 Å². The van der Waals surface area contributed by atoms with Gasteiger partial charge in [0, 0.05) is 16.8 Å². The van der Waals surface area contributed by atoms with Crippen LogP contribution in [0, 0.1) is 6.92 Å². The third-order valence-corrected chi connectivity index (χ3v) is 4.95. The van der Waals surface area contributed by atoms with E-state index in [0.29, 0.717) is 23.9 Å². The molecule has 0 spiro atoms. The Morgan fingerprint density at radius 2 is 2.26 bits per heavy atom. The molecule has 1 amide bonds. The molecule has 0 bridgehead atoms. The monoisotopic (exact) mass is 333 g/mol. The molecule has 2 heterocycles. The Bertz CT molecular complexity index is 729. The summed E-state index contributed by atoms with van der Waals surface area (Å²) in [6.45, 7) is 4.44. The smallest absolute Gasteiger partial charge is 0.235 e. The molecule has 2 N–H and O–H groups in total. The molecule has 0 aliphatic carbocycles. The Balaban J connectivity index is 2.14. The third kappa shape index (κ3) is 2.88. The van der Waals surface area contributed by atoms with Crippen molar-refractivity contribution < 1.29 is 14.3 Å². The first-order valence-electron chi connectivity index (χ1n) is 7.41. The quantitative estimate of drug-likeness (QED) is 0.900. The molecular formula is C16H19N3O3S. The van der Waals surface area contributed by atoms with Gasteiger partial charge in [0.1, 0.15) is 0 Å². The molecule has 0 radical (unpaired) electrons. The number of thioether (sulfide) groups is 1. The number of aryl methyl sites for hydroxylation is 1. The molecule has 6 nitrogen and oxygen atoms in total. The maximum absolute atomic E-state index is 11.9. The van der Waals surface area contributed by atoms with Gasteiger partial charge < -0.3 is 14.8 Å². The predicted molar refractivity (Wildman–Crippen MR) is 90.4 cm³/mol. The van der Waals surface area contributed by atoms with Crippen molar-refractivity contribution in [1.29, 1.82) is 0 Å². The fourth-order valence-corrected chi connectivity index (χ4v) is 3.92. The SMILES string of the molecule is CCOc1c(OC)cccc1C1SCC(=O)Nc2n[nH]c(C)c21. The maximum atomic E-state index is 11.9. The summed E-state index contributed by atoms with van der Waals surface area (Å²) in [4.78, 5) is 11.9. The van der Waals surface area contributed by atoms with Gasteiger partial charge in [0.2, 0.25) is 5.91 Å². The zero-order chi connectivity index (χ0) is 16.4. The standard InChI is InChI=1S/C16H19N3O3S/c1-4-22-14-10(6-5-7-11(14)21-3)15-13-9(2)18-19-16(13)17-12(20)8-23-15/h5-7,15H,4,8H2,1-3H3,(H2,17,18,19,20). The average Bonchev–Trinajstić information content (AvgIpc) is 2.80. The predicted octanol–water partition coefficient (Wildman–Crippen LogP) is 2.90. The number of benzene rings is 1. The van der Waals surface area contributed by atoms with Crippen molar-refractivity contribution in [2.75, 3.05) is 24.8 Å². The van der Waals surface area contributed by atoms with Gasteiger partial charge in [0.15, 0.2) is 17.3 Å². The van der Waals surface area contributed by atoms with Gasteiger partial charge in [-0.05, 0) is 19.9 Å². The van der Waals surface area contributed by atoms with Crippen LogP contribution >= 0.6 is 11.8 Å². The van der Waals surface area contributed by atoms with Gasteiger partial charge in [-0.1, -0.05) is 12.1 Å². The number of para-hydroxylation sites is 1. The summed E-state index contributed by atoms with van der Waals surface area (Å²) in [7, 11) is 1.63. The Labute approximate surface area is 138 Å². The van der Waals surface area contributed by atoms with Gasteiger partial charge in [-0.2, -0.15) is 5.10 Å². The van der Waals surface area contributed by atoms with E-state index in [0.717, 1.165) is 22.6 Å². The number of carbonyl (C=O) groups excluding carboxylic acids is 1. The molecule has 1 aromatic heterocycles. The number of carbonyl (C=O) groups is 1. The van der Waals surface area contributed by atoms with Gasteiger partial charge in [-0.25, -0.2) is 0 Å². The Kier molecular flexibility index (Phi) is 4.47. The van der Waals surface area contributed by atoms with E-state index in [2.05, 4.69) is 15.5 Å². The molecule has 1 aliphatic heterocycles. The average molecular weight is 333 g/mol. The molecule has 23 heavy (non-hydrogen) atoms. The highest BCUT2D eigenvalue weighted by atomic mass is 32.2. The molecule has 122 valence electrons. The second-order valence-corrected chi connectivity index (χ2v) is 6.26. The summed E-state index contributed by atoms with van der Waals surface area (Å²) in [6.07, 6.45) is 0. The highest BCUT2D eigenvalue weighted by Crippen LogP contribution is 2.47. The summed E-state index contributed by atoms with van der Waals surface area (Å²) in [6, 6.07) is 5.83. The number of amides is 1. The van der Waals surface area contributed by atoms with Crippen molar-refractivity contribution in [1.82, 2.24) is 10.2 Å². The summed E-state index contributed by atoms with van der Waals surface area (Å²) in [5, 5.41) is 9.97. The Morgan fingerprint density at radius 3 is 3.00 bits per heavy atom. The maximum Gasteiger partial charge on any atom is 0.235 e. The Hall–Kier alpha value is -2.15. The summed E-state index contributed by atoms with van der Waals surface area (Å²) < 4.78 is 11.3. The second kappa shape index (κ2) is 6.54. The van der Waals surface area contributed by atoms with Crippen molar-refractivity contribution in [3.05, 3.63) is 35.0 Å². The van der Waals surface area contributed by atoms with Crippen molar-refractivity contribution >= 4 is 23.5 Å². The van der Waals surface area contributed by atoms with E-state index < -0.39 is 0 Å². The normalized spacial score (nSPS) is 17.2. The van der Waals surface area contributed by atoms with E-state index >= 15 is 0 Å². The second-order valence-electron chi connectivity index (χ2n) is 5.16. The van der Waals surface area contributed by atoms with Crippen LogP contribution in [0.4, 0.5) is 5.82 Å². The highest BCUT2D eigenvalue weighted by Gasteiger charge is 2.31. The van der Waals surface area contributed by atoms with Gasteiger partial charge in [-0.3, -0.25) is 9.89 Å². The van der Waals surface area contributed by atoms with Gasteiger partial charge in [0.25, 0.3) is 0 Å². The lowest BCUT2D eigenvalue weighted by molar-refractivity contribution is -0.113. The number of hydrogen-bond donors (Lipinski definition) is 2. The highest BCUT2D eigenvalue weighted by molar-refractivity contribution is 8.00.